The van der Waals surface area contributed by atoms with Crippen LogP contribution >= 0.6 is 12.4 Å². The number of nitrogens with two attached hydrogens (primary N) is 1. The molecular weight excluding hydrogens is 282 g/mol. The largest absolute Gasteiger partial charge is 0.334 e. The van der Waals surface area contributed by atoms with Crippen LogP contribution in [0.5, 0.6) is 0 Å². The van der Waals surface area contributed by atoms with Crippen molar-refractivity contribution in [2.45, 2.75) is 25.3 Å². The monoisotopic (exact) mass is 299 g/mol. The van der Waals surface area contributed by atoms with Crippen molar-refractivity contribution in [1.29, 1.82) is 0 Å². The lowest BCUT2D eigenvalue weighted by molar-refractivity contribution is -0.384. The molecule has 6 nitrogen and oxygen atoms in total. The van der Waals surface area contributed by atoms with Crippen LogP contribution in [0.1, 0.15) is 29.6 Å². The van der Waals surface area contributed by atoms with Crippen LogP contribution in [0.2, 0.25) is 0 Å². The summed E-state index contributed by atoms with van der Waals surface area (Å²) in [5, 5.41) is 10.7. The molecule has 1 saturated heterocycles. The number of hydrogen-bond donors (Lipinski definition) is 1. The fraction of sp³-hybridized carbons (Fsp3) is 0.462. The topological polar surface area (TPSA) is 89.5 Å². The van der Waals surface area contributed by atoms with Gasteiger partial charge in [0.05, 0.1) is 4.92 Å². The highest BCUT2D eigenvalue weighted by atomic mass is 35.5. The smallest absolute Gasteiger partial charge is 0.270 e. The van der Waals surface area contributed by atoms with E-state index in [0.717, 1.165) is 19.3 Å². The predicted octanol–water partition coefficient (Wildman–Crippen LogP) is 1.97. The zero-order valence-electron chi connectivity index (χ0n) is 11.0. The van der Waals surface area contributed by atoms with Crippen molar-refractivity contribution >= 4 is 24.0 Å². The van der Waals surface area contributed by atoms with Crippen LogP contribution in [0.25, 0.3) is 0 Å². The van der Waals surface area contributed by atoms with Crippen molar-refractivity contribution in [2.24, 2.45) is 5.73 Å². The Morgan fingerprint density at radius 1 is 1.45 bits per heavy atom. The van der Waals surface area contributed by atoms with Crippen molar-refractivity contribution < 1.29 is 9.72 Å². The maximum atomic E-state index is 12.4. The second-order valence-corrected chi connectivity index (χ2v) is 4.69. The number of hydrogen-bond acceptors (Lipinski definition) is 4. The number of amides is 1. The molecule has 1 aromatic carbocycles. The average molecular weight is 300 g/mol. The molecule has 2 rings (SSSR count). The molecule has 1 atom stereocenters. The van der Waals surface area contributed by atoms with E-state index in [2.05, 4.69) is 0 Å². The van der Waals surface area contributed by atoms with Gasteiger partial charge in [-0.1, -0.05) is 6.07 Å². The first-order valence-corrected chi connectivity index (χ1v) is 6.39. The molecule has 1 heterocycles. The zero-order chi connectivity index (χ0) is 13.8. The molecule has 20 heavy (non-hydrogen) atoms. The van der Waals surface area contributed by atoms with Crippen molar-refractivity contribution in [3.63, 3.8) is 0 Å². The van der Waals surface area contributed by atoms with Crippen LogP contribution in [0.15, 0.2) is 24.3 Å². The van der Waals surface area contributed by atoms with Gasteiger partial charge in [0.15, 0.2) is 0 Å². The van der Waals surface area contributed by atoms with E-state index in [4.69, 9.17) is 5.73 Å². The second-order valence-electron chi connectivity index (χ2n) is 4.69. The van der Waals surface area contributed by atoms with Gasteiger partial charge in [-0.05, 0) is 25.3 Å². The number of nitro groups is 1. The SMILES string of the molecule is Cl.NCC1CCCCN1C(=O)c1cccc([N+](=O)[O-])c1. The number of non-ortho nitro benzene ring substituents is 1. The van der Waals surface area contributed by atoms with Crippen molar-refractivity contribution in [1.82, 2.24) is 4.90 Å². The number of piperidine rings is 1. The van der Waals surface area contributed by atoms with Crippen molar-refractivity contribution in [3.8, 4) is 0 Å². The Hall–Kier alpha value is -1.66. The van der Waals surface area contributed by atoms with E-state index in [1.54, 1.807) is 11.0 Å². The summed E-state index contributed by atoms with van der Waals surface area (Å²) in [6.07, 6.45) is 2.93. The Morgan fingerprint density at radius 3 is 2.85 bits per heavy atom. The number of halogens is 1. The number of carbonyl (C=O) groups is 1. The molecule has 1 fully saturated rings. The normalized spacial score (nSPS) is 18.2. The Balaban J connectivity index is 0.00000200. The third-order valence-electron chi connectivity index (χ3n) is 3.46. The summed E-state index contributed by atoms with van der Waals surface area (Å²) in [4.78, 5) is 24.4. The highest BCUT2D eigenvalue weighted by Gasteiger charge is 2.27. The maximum Gasteiger partial charge on any atom is 0.270 e. The van der Waals surface area contributed by atoms with Gasteiger partial charge in [-0.2, -0.15) is 0 Å². The number of nitro benzene ring substituents is 1. The fourth-order valence-corrected chi connectivity index (χ4v) is 2.43. The standard InChI is InChI=1S/C13H17N3O3.ClH/c14-9-12-5-1-2-7-15(12)13(17)10-4-3-6-11(8-10)16(18)19;/h3-4,6,8,12H,1-2,5,7,9,14H2;1H. The van der Waals surface area contributed by atoms with Crippen molar-refractivity contribution in [2.75, 3.05) is 13.1 Å². The second kappa shape index (κ2) is 7.21. The van der Waals surface area contributed by atoms with Crippen LogP contribution in [-0.4, -0.2) is 34.9 Å². The number of nitrogens with zero attached hydrogens (tertiary/aromatic N) is 2. The van der Waals surface area contributed by atoms with Crippen LogP contribution < -0.4 is 5.73 Å². The summed E-state index contributed by atoms with van der Waals surface area (Å²) in [7, 11) is 0. The van der Waals surface area contributed by atoms with E-state index in [1.807, 2.05) is 0 Å². The summed E-state index contributed by atoms with van der Waals surface area (Å²) in [6, 6.07) is 5.89. The van der Waals surface area contributed by atoms with Gasteiger partial charge in [-0.25, -0.2) is 0 Å². The molecule has 1 amide bonds. The number of carbonyl (C=O) groups excluding carboxylic acids is 1. The minimum Gasteiger partial charge on any atom is -0.334 e. The van der Waals surface area contributed by atoms with E-state index in [0.29, 0.717) is 18.7 Å². The molecular formula is C13H18ClN3O3. The molecule has 2 N–H and O–H groups in total. The van der Waals surface area contributed by atoms with E-state index in [1.165, 1.54) is 18.2 Å². The lowest BCUT2D eigenvalue weighted by atomic mass is 10.0. The van der Waals surface area contributed by atoms with Gasteiger partial charge in [0, 0.05) is 36.8 Å². The van der Waals surface area contributed by atoms with E-state index < -0.39 is 4.92 Å². The van der Waals surface area contributed by atoms with Gasteiger partial charge in [0.2, 0.25) is 0 Å². The Morgan fingerprint density at radius 2 is 2.20 bits per heavy atom. The number of likely N-dealkylation sites (tertiary alicyclic amines) is 1. The zero-order valence-corrected chi connectivity index (χ0v) is 11.8. The first kappa shape index (κ1) is 16.4. The van der Waals surface area contributed by atoms with E-state index >= 15 is 0 Å². The van der Waals surface area contributed by atoms with Gasteiger partial charge in [0.1, 0.15) is 0 Å². The molecule has 0 aromatic heterocycles. The predicted molar refractivity (Wildman–Crippen MR) is 78.1 cm³/mol. The summed E-state index contributed by atoms with van der Waals surface area (Å²) in [5.74, 6) is -0.168. The molecule has 1 aromatic rings. The fourth-order valence-electron chi connectivity index (χ4n) is 2.43. The quantitative estimate of drug-likeness (QED) is 0.682. The summed E-state index contributed by atoms with van der Waals surface area (Å²) >= 11 is 0. The lowest BCUT2D eigenvalue weighted by Gasteiger charge is -2.35. The van der Waals surface area contributed by atoms with E-state index in [-0.39, 0.29) is 30.0 Å². The van der Waals surface area contributed by atoms with Crippen LogP contribution in [0, 0.1) is 10.1 Å². The van der Waals surface area contributed by atoms with Gasteiger partial charge in [-0.15, -0.1) is 12.4 Å². The summed E-state index contributed by atoms with van der Waals surface area (Å²) in [6.45, 7) is 1.10. The number of benzene rings is 1. The summed E-state index contributed by atoms with van der Waals surface area (Å²) in [5.41, 5.74) is 5.98. The minimum atomic E-state index is -0.493. The highest BCUT2D eigenvalue weighted by molar-refractivity contribution is 5.95. The molecule has 0 saturated carbocycles. The molecule has 0 bridgehead atoms. The highest BCUT2D eigenvalue weighted by Crippen LogP contribution is 2.21. The Labute approximate surface area is 123 Å². The first-order valence-electron chi connectivity index (χ1n) is 6.39. The molecule has 7 heteroatoms. The third kappa shape index (κ3) is 3.46. The van der Waals surface area contributed by atoms with Crippen LogP contribution in [0.4, 0.5) is 5.69 Å². The summed E-state index contributed by atoms with van der Waals surface area (Å²) < 4.78 is 0. The molecule has 0 aliphatic carbocycles. The first-order chi connectivity index (χ1) is 9.13. The molecule has 1 unspecified atom stereocenters. The minimum absolute atomic E-state index is 0. The molecule has 0 radical (unpaired) electrons. The third-order valence-corrected chi connectivity index (χ3v) is 3.46. The molecule has 1 aliphatic heterocycles. The molecule has 0 spiro atoms. The maximum absolute atomic E-state index is 12.4. The van der Waals surface area contributed by atoms with Gasteiger partial charge in [0.25, 0.3) is 11.6 Å². The van der Waals surface area contributed by atoms with Crippen LogP contribution in [-0.2, 0) is 0 Å². The molecule has 110 valence electrons. The average Bonchev–Trinajstić information content (AvgIpc) is 2.46. The van der Waals surface area contributed by atoms with Gasteiger partial charge < -0.3 is 10.6 Å². The Bertz CT molecular complexity index is 496. The van der Waals surface area contributed by atoms with Crippen molar-refractivity contribution in [3.05, 3.63) is 39.9 Å². The van der Waals surface area contributed by atoms with Gasteiger partial charge in [-0.3, -0.25) is 14.9 Å². The van der Waals surface area contributed by atoms with Gasteiger partial charge >= 0.3 is 0 Å². The van der Waals surface area contributed by atoms with E-state index in [9.17, 15) is 14.9 Å². The molecule has 1 aliphatic rings. The lowest BCUT2D eigenvalue weighted by Crippen LogP contribution is -2.47. The number of rotatable bonds is 3. The Kier molecular flexibility index (Phi) is 5.91. The van der Waals surface area contributed by atoms with Crippen LogP contribution in [0.3, 0.4) is 0 Å².